The van der Waals surface area contributed by atoms with Crippen molar-refractivity contribution < 1.29 is 0 Å². The molecule has 0 saturated heterocycles. The molecule has 4 nitrogen and oxygen atoms in total. The van der Waals surface area contributed by atoms with Crippen molar-refractivity contribution in [2.24, 2.45) is 0 Å². The zero-order chi connectivity index (χ0) is 12.7. The largest absolute Gasteiger partial charge is 0.387 e. The molecule has 0 bridgehead atoms. The number of anilines is 2. The molecule has 0 radical (unpaired) electrons. The fourth-order valence-corrected chi connectivity index (χ4v) is 2.16. The van der Waals surface area contributed by atoms with Crippen LogP contribution in [-0.4, -0.2) is 17.0 Å². The number of hydrogen-bond donors (Lipinski definition) is 2. The second-order valence-electron chi connectivity index (χ2n) is 4.39. The monoisotopic (exact) mass is 238 g/mol. The molecule has 0 atom stereocenters. The Kier molecular flexibility index (Phi) is 2.30. The molecule has 0 unspecified atom stereocenters. The van der Waals surface area contributed by atoms with E-state index in [-0.39, 0.29) is 0 Å². The molecule has 3 N–H and O–H groups in total. The summed E-state index contributed by atoms with van der Waals surface area (Å²) in [7, 11) is 1.87. The number of rotatable bonds is 1. The van der Waals surface area contributed by atoms with Gasteiger partial charge in [-0.2, -0.15) is 0 Å². The molecule has 0 fully saturated rings. The van der Waals surface area contributed by atoms with Crippen molar-refractivity contribution in [1.82, 2.24) is 9.97 Å². The highest BCUT2D eigenvalue weighted by atomic mass is 14.9. The van der Waals surface area contributed by atoms with Gasteiger partial charge in [-0.05, 0) is 24.6 Å². The molecular formula is C14H14N4. The zero-order valence-corrected chi connectivity index (χ0v) is 10.4. The summed E-state index contributed by atoms with van der Waals surface area (Å²) in [6, 6.07) is 8.24. The van der Waals surface area contributed by atoms with Gasteiger partial charge in [0, 0.05) is 17.8 Å². The SMILES string of the molecule is CNc1cnc2c(N)nc3cc(C)ccc3c2c1. The molecule has 0 aliphatic heterocycles. The maximum atomic E-state index is 5.97. The van der Waals surface area contributed by atoms with E-state index in [0.717, 1.165) is 27.5 Å². The molecule has 18 heavy (non-hydrogen) atoms. The number of nitrogens with two attached hydrogens (primary N) is 1. The van der Waals surface area contributed by atoms with E-state index in [9.17, 15) is 0 Å². The van der Waals surface area contributed by atoms with Crippen molar-refractivity contribution in [3.63, 3.8) is 0 Å². The average molecular weight is 238 g/mol. The Morgan fingerprint density at radius 1 is 1.17 bits per heavy atom. The van der Waals surface area contributed by atoms with E-state index >= 15 is 0 Å². The highest BCUT2D eigenvalue weighted by Crippen LogP contribution is 2.28. The van der Waals surface area contributed by atoms with Crippen molar-refractivity contribution in [2.45, 2.75) is 6.92 Å². The van der Waals surface area contributed by atoms with Gasteiger partial charge in [0.15, 0.2) is 5.82 Å². The summed E-state index contributed by atoms with van der Waals surface area (Å²) in [6.07, 6.45) is 1.76. The minimum Gasteiger partial charge on any atom is -0.387 e. The number of aromatic nitrogens is 2. The summed E-state index contributed by atoms with van der Waals surface area (Å²) in [5, 5.41) is 5.20. The second-order valence-corrected chi connectivity index (χ2v) is 4.39. The fourth-order valence-electron chi connectivity index (χ4n) is 2.16. The Morgan fingerprint density at radius 2 is 2.00 bits per heavy atom. The summed E-state index contributed by atoms with van der Waals surface area (Å²) >= 11 is 0. The Hall–Kier alpha value is -2.36. The molecule has 1 aromatic carbocycles. The topological polar surface area (TPSA) is 63.8 Å². The first-order valence-electron chi connectivity index (χ1n) is 5.82. The van der Waals surface area contributed by atoms with Crippen molar-refractivity contribution in [3.8, 4) is 0 Å². The number of fused-ring (bicyclic) bond motifs is 3. The molecule has 0 aliphatic rings. The Morgan fingerprint density at radius 3 is 2.78 bits per heavy atom. The van der Waals surface area contributed by atoms with E-state index in [2.05, 4.69) is 33.5 Å². The van der Waals surface area contributed by atoms with Gasteiger partial charge >= 0.3 is 0 Å². The van der Waals surface area contributed by atoms with E-state index < -0.39 is 0 Å². The third-order valence-corrected chi connectivity index (χ3v) is 3.10. The highest BCUT2D eigenvalue weighted by molar-refractivity contribution is 6.08. The van der Waals surface area contributed by atoms with E-state index in [0.29, 0.717) is 5.82 Å². The number of nitrogens with zero attached hydrogens (tertiary/aromatic N) is 2. The number of pyridine rings is 2. The van der Waals surface area contributed by atoms with Gasteiger partial charge < -0.3 is 11.1 Å². The number of benzene rings is 1. The second kappa shape index (κ2) is 3.84. The fraction of sp³-hybridized carbons (Fsp3) is 0.143. The standard InChI is InChI=1S/C14H14N4/c1-8-3-4-10-11-6-9(16-2)7-17-13(11)14(15)18-12(10)5-8/h3-7,16H,1-2H3,(H2,15,18). The zero-order valence-electron chi connectivity index (χ0n) is 10.4. The van der Waals surface area contributed by atoms with Gasteiger partial charge in [0.2, 0.25) is 0 Å². The lowest BCUT2D eigenvalue weighted by Gasteiger charge is -2.08. The minimum absolute atomic E-state index is 0.478. The van der Waals surface area contributed by atoms with E-state index in [4.69, 9.17) is 5.73 Å². The van der Waals surface area contributed by atoms with Gasteiger partial charge in [-0.25, -0.2) is 4.98 Å². The number of hydrogen-bond acceptors (Lipinski definition) is 4. The summed E-state index contributed by atoms with van der Waals surface area (Å²) in [5.41, 5.74) is 9.78. The predicted molar refractivity (Wildman–Crippen MR) is 75.7 cm³/mol. The summed E-state index contributed by atoms with van der Waals surface area (Å²) in [6.45, 7) is 2.05. The molecule has 90 valence electrons. The van der Waals surface area contributed by atoms with Crippen molar-refractivity contribution >= 4 is 33.3 Å². The van der Waals surface area contributed by atoms with Crippen LogP contribution in [0.4, 0.5) is 11.5 Å². The van der Waals surface area contributed by atoms with Crippen LogP contribution in [0, 0.1) is 6.92 Å². The first kappa shape index (κ1) is 10.8. The number of nitrogens with one attached hydrogen (secondary N) is 1. The van der Waals surface area contributed by atoms with E-state index in [1.165, 1.54) is 5.56 Å². The van der Waals surface area contributed by atoms with Crippen molar-refractivity contribution in [3.05, 3.63) is 36.0 Å². The maximum Gasteiger partial charge on any atom is 0.150 e. The molecule has 3 rings (SSSR count). The first-order chi connectivity index (χ1) is 8.69. The van der Waals surface area contributed by atoms with Crippen LogP contribution in [0.5, 0.6) is 0 Å². The Balaban J connectivity index is 2.50. The van der Waals surface area contributed by atoms with E-state index in [1.807, 2.05) is 20.0 Å². The van der Waals surface area contributed by atoms with Crippen molar-refractivity contribution in [2.75, 3.05) is 18.1 Å². The summed E-state index contributed by atoms with van der Waals surface area (Å²) < 4.78 is 0. The van der Waals surface area contributed by atoms with E-state index in [1.54, 1.807) is 6.20 Å². The van der Waals surface area contributed by atoms with Gasteiger partial charge in [-0.15, -0.1) is 0 Å². The minimum atomic E-state index is 0.478. The molecule has 0 spiro atoms. The van der Waals surface area contributed by atoms with Crippen molar-refractivity contribution in [1.29, 1.82) is 0 Å². The molecular weight excluding hydrogens is 224 g/mol. The Bertz CT molecular complexity index is 749. The van der Waals surface area contributed by atoms with Gasteiger partial charge in [-0.3, -0.25) is 4.98 Å². The quantitative estimate of drug-likeness (QED) is 0.640. The molecule has 2 aromatic heterocycles. The molecule has 0 saturated carbocycles. The number of aryl methyl sites for hydroxylation is 1. The lowest BCUT2D eigenvalue weighted by atomic mass is 10.1. The number of nitrogen functional groups attached to an aromatic ring is 1. The molecule has 4 heteroatoms. The summed E-state index contributed by atoms with van der Waals surface area (Å²) in [4.78, 5) is 8.79. The molecule has 0 aliphatic carbocycles. The normalized spacial score (nSPS) is 11.0. The molecule has 2 heterocycles. The maximum absolute atomic E-state index is 5.97. The van der Waals surface area contributed by atoms with Gasteiger partial charge in [0.05, 0.1) is 17.4 Å². The van der Waals surface area contributed by atoms with Crippen LogP contribution in [0.25, 0.3) is 21.8 Å². The van der Waals surface area contributed by atoms with Gasteiger partial charge in [0.25, 0.3) is 0 Å². The van der Waals surface area contributed by atoms with Crippen LogP contribution in [0.3, 0.4) is 0 Å². The van der Waals surface area contributed by atoms with Gasteiger partial charge in [0.1, 0.15) is 5.52 Å². The van der Waals surface area contributed by atoms with Crippen LogP contribution in [0.1, 0.15) is 5.56 Å². The van der Waals surface area contributed by atoms with Crippen LogP contribution in [0.15, 0.2) is 30.5 Å². The predicted octanol–water partition coefficient (Wildman–Crippen LogP) is 2.72. The van der Waals surface area contributed by atoms with Crippen LogP contribution < -0.4 is 11.1 Å². The third kappa shape index (κ3) is 1.54. The smallest absolute Gasteiger partial charge is 0.150 e. The van der Waals surface area contributed by atoms with Crippen LogP contribution >= 0.6 is 0 Å². The van der Waals surface area contributed by atoms with Gasteiger partial charge in [-0.1, -0.05) is 12.1 Å². The lowest BCUT2D eigenvalue weighted by Crippen LogP contribution is -1.97. The Labute approximate surface area is 105 Å². The average Bonchev–Trinajstić information content (AvgIpc) is 2.38. The van der Waals surface area contributed by atoms with Crippen LogP contribution in [0.2, 0.25) is 0 Å². The molecule has 3 aromatic rings. The molecule has 0 amide bonds. The highest BCUT2D eigenvalue weighted by Gasteiger charge is 2.08. The lowest BCUT2D eigenvalue weighted by molar-refractivity contribution is 1.34. The van der Waals surface area contributed by atoms with Crippen LogP contribution in [-0.2, 0) is 0 Å². The third-order valence-electron chi connectivity index (χ3n) is 3.10. The first-order valence-corrected chi connectivity index (χ1v) is 5.82. The summed E-state index contributed by atoms with van der Waals surface area (Å²) in [5.74, 6) is 0.478.